The lowest BCUT2D eigenvalue weighted by molar-refractivity contribution is -0.121. The van der Waals surface area contributed by atoms with E-state index in [1.807, 2.05) is 38.1 Å². The van der Waals surface area contributed by atoms with Crippen molar-refractivity contribution < 1.29 is 9.59 Å². The molecular weight excluding hydrogens is 324 g/mol. The third-order valence-electron chi connectivity index (χ3n) is 3.72. The summed E-state index contributed by atoms with van der Waals surface area (Å²) in [6.07, 6.45) is 0. The molecule has 2 rings (SSSR count). The number of aryl methyl sites for hydroxylation is 1. The van der Waals surface area contributed by atoms with Gasteiger partial charge in [-0.1, -0.05) is 29.8 Å². The Morgan fingerprint density at radius 1 is 1.00 bits per heavy atom. The highest BCUT2D eigenvalue weighted by Gasteiger charge is 2.21. The Kier molecular flexibility index (Phi) is 5.99. The molecule has 4 nitrogen and oxygen atoms in total. The predicted molar refractivity (Wildman–Crippen MR) is 98.7 cm³/mol. The molecule has 0 atom stereocenters. The van der Waals surface area contributed by atoms with Gasteiger partial charge in [-0.2, -0.15) is 0 Å². The van der Waals surface area contributed by atoms with Gasteiger partial charge in [0.2, 0.25) is 11.8 Å². The van der Waals surface area contributed by atoms with E-state index >= 15 is 0 Å². The maximum atomic E-state index is 12.8. The van der Waals surface area contributed by atoms with Crippen LogP contribution in [0.2, 0.25) is 5.02 Å². The van der Waals surface area contributed by atoms with Gasteiger partial charge in [-0.3, -0.25) is 9.59 Å². The lowest BCUT2D eigenvalue weighted by Crippen LogP contribution is -2.42. The highest BCUT2D eigenvalue weighted by atomic mass is 35.5. The van der Waals surface area contributed by atoms with Gasteiger partial charge < -0.3 is 9.80 Å². The van der Waals surface area contributed by atoms with Crippen LogP contribution >= 0.6 is 11.6 Å². The second-order valence-corrected chi connectivity index (χ2v) is 6.00. The molecule has 0 heterocycles. The van der Waals surface area contributed by atoms with Gasteiger partial charge in [0.05, 0.1) is 0 Å². The van der Waals surface area contributed by atoms with Crippen molar-refractivity contribution in [3.8, 4) is 0 Å². The normalized spacial score (nSPS) is 10.3. The molecule has 0 aromatic heterocycles. The van der Waals surface area contributed by atoms with Gasteiger partial charge in [0.25, 0.3) is 0 Å². The summed E-state index contributed by atoms with van der Waals surface area (Å²) in [5, 5.41) is 0.525. The summed E-state index contributed by atoms with van der Waals surface area (Å²) in [5.41, 5.74) is 2.53. The molecule has 0 fully saturated rings. The van der Waals surface area contributed by atoms with Gasteiger partial charge in [-0.05, 0) is 49.7 Å². The Bertz CT molecular complexity index is 746. The minimum absolute atomic E-state index is 0.0303. The van der Waals surface area contributed by atoms with Crippen molar-refractivity contribution in [1.29, 1.82) is 0 Å². The molecule has 0 aliphatic heterocycles. The van der Waals surface area contributed by atoms with Crippen molar-refractivity contribution in [2.45, 2.75) is 20.8 Å². The number of amides is 2. The molecule has 0 bridgehead atoms. The smallest absolute Gasteiger partial charge is 0.247 e. The Hall–Kier alpha value is -2.33. The summed E-state index contributed by atoms with van der Waals surface area (Å²) >= 11 is 6.00. The number of carbonyl (C=O) groups excluding carboxylic acids is 2. The zero-order valence-electron chi connectivity index (χ0n) is 14.1. The summed E-state index contributed by atoms with van der Waals surface area (Å²) in [6, 6.07) is 14.7. The van der Waals surface area contributed by atoms with E-state index in [4.69, 9.17) is 11.6 Å². The van der Waals surface area contributed by atoms with Crippen molar-refractivity contribution in [1.82, 2.24) is 0 Å². The number of hydrogen-bond acceptors (Lipinski definition) is 2. The van der Waals surface area contributed by atoms with E-state index in [2.05, 4.69) is 0 Å². The molecule has 0 N–H and O–H groups in total. The minimum Gasteiger partial charge on any atom is -0.311 e. The number of likely N-dealkylation sites (N-methyl/N-ethyl adjacent to an activating group) is 1. The second-order valence-electron chi connectivity index (χ2n) is 5.56. The summed E-state index contributed by atoms with van der Waals surface area (Å²) in [6.45, 7) is 5.84. The Balaban J connectivity index is 2.25. The van der Waals surface area contributed by atoms with Crippen LogP contribution < -0.4 is 9.80 Å². The standard InChI is InChI=1S/C19H21ClN2O2/c1-4-21(17-9-5-7-14(2)11-17)19(24)13-22(15(3)23)18-10-6-8-16(20)12-18/h5-12H,4,13H2,1-3H3. The summed E-state index contributed by atoms with van der Waals surface area (Å²) in [5.74, 6) is -0.343. The first-order chi connectivity index (χ1) is 11.4. The highest BCUT2D eigenvalue weighted by molar-refractivity contribution is 6.31. The zero-order chi connectivity index (χ0) is 17.7. The molecule has 0 saturated carbocycles. The average Bonchev–Trinajstić information content (AvgIpc) is 2.53. The van der Waals surface area contributed by atoms with Gasteiger partial charge in [0.1, 0.15) is 6.54 Å². The summed E-state index contributed by atoms with van der Waals surface area (Å²) in [7, 11) is 0. The fourth-order valence-electron chi connectivity index (χ4n) is 2.55. The molecule has 2 amide bonds. The van der Waals surface area contributed by atoms with Crippen LogP contribution in [0.15, 0.2) is 48.5 Å². The van der Waals surface area contributed by atoms with E-state index < -0.39 is 0 Å². The maximum absolute atomic E-state index is 12.8. The average molecular weight is 345 g/mol. The van der Waals surface area contributed by atoms with Crippen LogP contribution in [0.1, 0.15) is 19.4 Å². The molecule has 2 aromatic carbocycles. The largest absolute Gasteiger partial charge is 0.311 e. The number of nitrogens with zero attached hydrogens (tertiary/aromatic N) is 2. The SMILES string of the molecule is CCN(C(=O)CN(C(C)=O)c1cccc(Cl)c1)c1cccc(C)c1. The first-order valence-electron chi connectivity index (χ1n) is 7.83. The third-order valence-corrected chi connectivity index (χ3v) is 3.96. The first kappa shape index (κ1) is 18.0. The zero-order valence-corrected chi connectivity index (χ0v) is 14.9. The number of hydrogen-bond donors (Lipinski definition) is 0. The van der Waals surface area contributed by atoms with E-state index in [0.29, 0.717) is 17.3 Å². The number of anilines is 2. The summed E-state index contributed by atoms with van der Waals surface area (Å²) < 4.78 is 0. The predicted octanol–water partition coefficient (Wildman–Crippen LogP) is 4.05. The number of rotatable bonds is 5. The fourth-order valence-corrected chi connectivity index (χ4v) is 2.73. The van der Waals surface area contributed by atoms with Crippen LogP contribution in [-0.2, 0) is 9.59 Å². The molecule has 5 heteroatoms. The van der Waals surface area contributed by atoms with E-state index in [1.54, 1.807) is 29.2 Å². The molecule has 0 aliphatic rings. The fraction of sp³-hybridized carbons (Fsp3) is 0.263. The lowest BCUT2D eigenvalue weighted by Gasteiger charge is -2.26. The summed E-state index contributed by atoms with van der Waals surface area (Å²) in [4.78, 5) is 27.9. The molecular formula is C19H21ClN2O2. The Morgan fingerprint density at radius 3 is 2.17 bits per heavy atom. The van der Waals surface area contributed by atoms with Gasteiger partial charge in [-0.25, -0.2) is 0 Å². The van der Waals surface area contributed by atoms with Crippen molar-refractivity contribution in [3.63, 3.8) is 0 Å². The minimum atomic E-state index is -0.203. The van der Waals surface area contributed by atoms with Crippen LogP contribution in [0, 0.1) is 6.92 Å². The van der Waals surface area contributed by atoms with Gasteiger partial charge in [-0.15, -0.1) is 0 Å². The van der Waals surface area contributed by atoms with Crippen LogP contribution in [0.4, 0.5) is 11.4 Å². The van der Waals surface area contributed by atoms with Crippen LogP contribution in [0.3, 0.4) is 0 Å². The van der Waals surface area contributed by atoms with E-state index in [-0.39, 0.29) is 18.4 Å². The van der Waals surface area contributed by atoms with E-state index in [0.717, 1.165) is 11.3 Å². The highest BCUT2D eigenvalue weighted by Crippen LogP contribution is 2.21. The van der Waals surface area contributed by atoms with E-state index in [9.17, 15) is 9.59 Å². The van der Waals surface area contributed by atoms with Gasteiger partial charge in [0.15, 0.2) is 0 Å². The lowest BCUT2D eigenvalue weighted by atomic mass is 10.2. The van der Waals surface area contributed by atoms with Crippen LogP contribution in [0.5, 0.6) is 0 Å². The Labute approximate surface area is 147 Å². The molecule has 2 aromatic rings. The maximum Gasteiger partial charge on any atom is 0.247 e. The number of benzene rings is 2. The van der Waals surface area contributed by atoms with Gasteiger partial charge in [0, 0.05) is 29.9 Å². The van der Waals surface area contributed by atoms with Crippen molar-refractivity contribution in [2.24, 2.45) is 0 Å². The van der Waals surface area contributed by atoms with Crippen LogP contribution in [0.25, 0.3) is 0 Å². The van der Waals surface area contributed by atoms with Crippen molar-refractivity contribution in [3.05, 3.63) is 59.1 Å². The second kappa shape index (κ2) is 7.97. The van der Waals surface area contributed by atoms with Gasteiger partial charge >= 0.3 is 0 Å². The molecule has 126 valence electrons. The van der Waals surface area contributed by atoms with Crippen molar-refractivity contribution in [2.75, 3.05) is 22.9 Å². The molecule has 24 heavy (non-hydrogen) atoms. The molecule has 0 unspecified atom stereocenters. The van der Waals surface area contributed by atoms with Crippen LogP contribution in [-0.4, -0.2) is 24.9 Å². The molecule has 0 aliphatic carbocycles. The quantitative estimate of drug-likeness (QED) is 0.820. The number of carbonyl (C=O) groups is 2. The monoisotopic (exact) mass is 344 g/mol. The Morgan fingerprint density at radius 2 is 1.62 bits per heavy atom. The number of halogens is 1. The topological polar surface area (TPSA) is 40.6 Å². The first-order valence-corrected chi connectivity index (χ1v) is 8.21. The van der Waals surface area contributed by atoms with E-state index in [1.165, 1.54) is 11.8 Å². The molecule has 0 radical (unpaired) electrons. The molecule has 0 spiro atoms. The molecule has 0 saturated heterocycles. The third kappa shape index (κ3) is 4.36. The van der Waals surface area contributed by atoms with Crippen molar-refractivity contribution >= 4 is 34.8 Å².